The summed E-state index contributed by atoms with van der Waals surface area (Å²) >= 11 is 16.9. The molecule has 2 N–H and O–H groups in total. The first-order chi connectivity index (χ1) is 13.2. The van der Waals surface area contributed by atoms with Gasteiger partial charge in [-0.25, -0.2) is 0 Å². The van der Waals surface area contributed by atoms with Crippen molar-refractivity contribution in [3.63, 3.8) is 0 Å². The first-order valence-electron chi connectivity index (χ1n) is 7.74. The summed E-state index contributed by atoms with van der Waals surface area (Å²) in [7, 11) is 0. The minimum atomic E-state index is -4.50. The summed E-state index contributed by atoms with van der Waals surface area (Å²) in [5.41, 5.74) is -0.454. The SMILES string of the molecule is O=C(NCc1n[nH]c(=S)n1-c1cccc(C(F)(F)F)c1)c1ccc(Cl)cc1Cl. The van der Waals surface area contributed by atoms with Gasteiger partial charge in [-0.1, -0.05) is 29.3 Å². The van der Waals surface area contributed by atoms with Gasteiger partial charge in [-0.05, 0) is 48.6 Å². The predicted octanol–water partition coefficient (Wildman–Crippen LogP) is 5.19. The number of amides is 1. The maximum atomic E-state index is 13.0. The second-order valence-electron chi connectivity index (χ2n) is 5.64. The molecule has 0 fully saturated rings. The average Bonchev–Trinajstić information content (AvgIpc) is 2.99. The average molecular weight is 447 g/mol. The number of hydrogen-bond acceptors (Lipinski definition) is 3. The molecule has 2 aromatic carbocycles. The van der Waals surface area contributed by atoms with Crippen LogP contribution in [0.3, 0.4) is 0 Å². The van der Waals surface area contributed by atoms with Crippen molar-refractivity contribution in [1.29, 1.82) is 0 Å². The quantitative estimate of drug-likeness (QED) is 0.542. The third kappa shape index (κ3) is 4.37. The van der Waals surface area contributed by atoms with Crippen molar-refractivity contribution in [1.82, 2.24) is 20.1 Å². The van der Waals surface area contributed by atoms with Crippen molar-refractivity contribution in [2.45, 2.75) is 12.7 Å². The Hall–Kier alpha value is -2.36. The minimum Gasteiger partial charge on any atom is -0.345 e. The number of carbonyl (C=O) groups is 1. The van der Waals surface area contributed by atoms with E-state index in [1.165, 1.54) is 34.9 Å². The fraction of sp³-hybridized carbons (Fsp3) is 0.118. The lowest BCUT2D eigenvalue weighted by atomic mass is 10.2. The fourth-order valence-electron chi connectivity index (χ4n) is 2.46. The zero-order valence-electron chi connectivity index (χ0n) is 13.8. The summed E-state index contributed by atoms with van der Waals surface area (Å²) in [6.45, 7) is -0.0961. The molecule has 1 aromatic heterocycles. The fourth-order valence-corrected chi connectivity index (χ4v) is 3.21. The number of benzene rings is 2. The van der Waals surface area contributed by atoms with Gasteiger partial charge in [0, 0.05) is 5.02 Å². The highest BCUT2D eigenvalue weighted by Crippen LogP contribution is 2.30. The van der Waals surface area contributed by atoms with Crippen LogP contribution in [0.15, 0.2) is 42.5 Å². The van der Waals surface area contributed by atoms with E-state index in [0.717, 1.165) is 12.1 Å². The Morgan fingerprint density at radius 3 is 2.64 bits per heavy atom. The molecule has 0 saturated heterocycles. The molecule has 3 aromatic rings. The largest absolute Gasteiger partial charge is 0.416 e. The van der Waals surface area contributed by atoms with Gasteiger partial charge >= 0.3 is 6.18 Å². The van der Waals surface area contributed by atoms with Crippen LogP contribution in [0.25, 0.3) is 5.69 Å². The monoisotopic (exact) mass is 446 g/mol. The van der Waals surface area contributed by atoms with E-state index in [9.17, 15) is 18.0 Å². The zero-order valence-corrected chi connectivity index (χ0v) is 16.2. The maximum Gasteiger partial charge on any atom is 0.416 e. The molecule has 5 nitrogen and oxygen atoms in total. The van der Waals surface area contributed by atoms with Crippen LogP contribution in [0.2, 0.25) is 10.0 Å². The van der Waals surface area contributed by atoms with Gasteiger partial charge in [-0.3, -0.25) is 14.5 Å². The van der Waals surface area contributed by atoms with Crippen LogP contribution in [0, 0.1) is 4.77 Å². The number of nitrogens with one attached hydrogen (secondary N) is 2. The van der Waals surface area contributed by atoms with E-state index >= 15 is 0 Å². The highest BCUT2D eigenvalue weighted by atomic mass is 35.5. The third-order valence-corrected chi connectivity index (χ3v) is 4.58. The minimum absolute atomic E-state index is 0.0908. The Morgan fingerprint density at radius 2 is 1.96 bits per heavy atom. The van der Waals surface area contributed by atoms with E-state index in [2.05, 4.69) is 15.5 Å². The number of nitrogens with zero attached hydrogens (tertiary/aromatic N) is 2. The third-order valence-electron chi connectivity index (χ3n) is 3.76. The van der Waals surface area contributed by atoms with Crippen molar-refractivity contribution < 1.29 is 18.0 Å². The second kappa shape index (κ2) is 7.94. The van der Waals surface area contributed by atoms with Gasteiger partial charge in [-0.2, -0.15) is 18.3 Å². The number of alkyl halides is 3. The first-order valence-corrected chi connectivity index (χ1v) is 8.90. The van der Waals surface area contributed by atoms with Crippen molar-refractivity contribution >= 4 is 41.3 Å². The molecule has 0 radical (unpaired) electrons. The summed E-state index contributed by atoms with van der Waals surface area (Å²) in [5.74, 6) is -0.270. The van der Waals surface area contributed by atoms with Crippen LogP contribution in [0.4, 0.5) is 13.2 Å². The van der Waals surface area contributed by atoms with Crippen molar-refractivity contribution in [2.24, 2.45) is 0 Å². The van der Waals surface area contributed by atoms with Gasteiger partial charge in [0.2, 0.25) is 0 Å². The molecular weight excluding hydrogens is 436 g/mol. The topological polar surface area (TPSA) is 62.7 Å². The molecule has 0 aliphatic carbocycles. The zero-order chi connectivity index (χ0) is 20.5. The molecule has 0 atom stereocenters. The van der Waals surface area contributed by atoms with Gasteiger partial charge in [0.05, 0.1) is 28.4 Å². The van der Waals surface area contributed by atoms with Crippen LogP contribution in [0.1, 0.15) is 21.7 Å². The van der Waals surface area contributed by atoms with Crippen LogP contribution < -0.4 is 5.32 Å². The van der Waals surface area contributed by atoms with E-state index in [1.807, 2.05) is 0 Å². The lowest BCUT2D eigenvalue weighted by Crippen LogP contribution is -2.25. The molecule has 0 saturated carbocycles. The Kier molecular flexibility index (Phi) is 5.78. The lowest BCUT2D eigenvalue weighted by Gasteiger charge is -2.11. The van der Waals surface area contributed by atoms with Gasteiger partial charge in [0.25, 0.3) is 5.91 Å². The highest BCUT2D eigenvalue weighted by Gasteiger charge is 2.30. The molecule has 0 aliphatic heterocycles. The molecule has 11 heteroatoms. The van der Waals surface area contributed by atoms with Gasteiger partial charge < -0.3 is 5.32 Å². The summed E-state index contributed by atoms with van der Waals surface area (Å²) in [6, 6.07) is 9.04. The summed E-state index contributed by atoms with van der Waals surface area (Å²) < 4.78 is 40.3. The van der Waals surface area contributed by atoms with Crippen molar-refractivity contribution in [2.75, 3.05) is 0 Å². The summed E-state index contributed by atoms with van der Waals surface area (Å²) in [4.78, 5) is 12.3. The molecule has 0 bridgehead atoms. The number of H-pyrrole nitrogens is 1. The summed E-state index contributed by atoms with van der Waals surface area (Å²) in [6.07, 6.45) is -4.50. The Bertz CT molecular complexity index is 1090. The van der Waals surface area contributed by atoms with Crippen molar-refractivity contribution in [3.05, 3.63) is 74.2 Å². The Morgan fingerprint density at radius 1 is 1.21 bits per heavy atom. The standard InChI is InChI=1S/C17H11Cl2F3N4OS/c18-10-4-5-12(13(19)7-10)15(27)23-8-14-24-25-16(28)26(14)11-3-1-2-9(6-11)17(20,21)22/h1-7H,8H2,(H,23,27)(H,25,28). The number of carbonyl (C=O) groups excluding carboxylic acids is 1. The number of hydrogen-bond donors (Lipinski definition) is 2. The van der Waals surface area contributed by atoms with Crippen LogP contribution in [-0.2, 0) is 12.7 Å². The number of rotatable bonds is 4. The van der Waals surface area contributed by atoms with Gasteiger partial charge in [0.15, 0.2) is 10.6 Å². The van der Waals surface area contributed by atoms with Gasteiger partial charge in [-0.15, -0.1) is 0 Å². The molecule has 146 valence electrons. The maximum absolute atomic E-state index is 13.0. The molecule has 0 spiro atoms. The van der Waals surface area contributed by atoms with Crippen LogP contribution in [-0.4, -0.2) is 20.7 Å². The summed E-state index contributed by atoms with van der Waals surface area (Å²) in [5, 5.41) is 9.65. The van der Waals surface area contributed by atoms with E-state index in [1.54, 1.807) is 0 Å². The molecular formula is C17H11Cl2F3N4OS. The van der Waals surface area contributed by atoms with E-state index < -0.39 is 17.6 Å². The lowest BCUT2D eigenvalue weighted by molar-refractivity contribution is -0.137. The molecule has 3 rings (SSSR count). The Balaban J connectivity index is 1.86. The Labute approximate surface area is 172 Å². The van der Waals surface area contributed by atoms with Crippen molar-refractivity contribution in [3.8, 4) is 5.69 Å². The van der Waals surface area contributed by atoms with Crippen LogP contribution >= 0.6 is 35.4 Å². The normalized spacial score (nSPS) is 11.5. The molecule has 0 aliphatic rings. The van der Waals surface area contributed by atoms with Crippen LogP contribution in [0.5, 0.6) is 0 Å². The van der Waals surface area contributed by atoms with E-state index in [4.69, 9.17) is 35.4 Å². The van der Waals surface area contributed by atoms with E-state index in [-0.39, 0.29) is 33.4 Å². The molecule has 28 heavy (non-hydrogen) atoms. The second-order valence-corrected chi connectivity index (χ2v) is 6.87. The van der Waals surface area contributed by atoms with E-state index in [0.29, 0.717) is 5.02 Å². The molecule has 0 unspecified atom stereocenters. The highest BCUT2D eigenvalue weighted by molar-refractivity contribution is 7.71. The first kappa shape index (κ1) is 20.4. The molecule has 1 heterocycles. The smallest absolute Gasteiger partial charge is 0.345 e. The predicted molar refractivity (Wildman–Crippen MR) is 101 cm³/mol. The van der Waals surface area contributed by atoms with Gasteiger partial charge in [0.1, 0.15) is 0 Å². The molecule has 1 amide bonds. The number of aromatic nitrogens is 3. The number of halogens is 5. The number of aromatic amines is 1.